The van der Waals surface area contributed by atoms with E-state index in [0.29, 0.717) is 24.4 Å². The van der Waals surface area contributed by atoms with Crippen LogP contribution in [0.1, 0.15) is 71.4 Å². The van der Waals surface area contributed by atoms with Crippen molar-refractivity contribution < 1.29 is 4.42 Å². The van der Waals surface area contributed by atoms with Gasteiger partial charge in [-0.1, -0.05) is 53.5 Å². The first-order valence-electron chi connectivity index (χ1n) is 11.1. The van der Waals surface area contributed by atoms with Crippen molar-refractivity contribution in [3.8, 4) is 11.3 Å². The topological polar surface area (TPSA) is 57.1 Å². The molecule has 0 amide bonds. The number of benzene rings is 1. The van der Waals surface area contributed by atoms with E-state index >= 15 is 0 Å². The Morgan fingerprint density at radius 1 is 0.967 bits per heavy atom. The van der Waals surface area contributed by atoms with Crippen molar-refractivity contribution in [3.63, 3.8) is 0 Å². The van der Waals surface area contributed by atoms with E-state index in [4.69, 9.17) is 4.42 Å². The maximum Gasteiger partial charge on any atom is 0.330 e. The Bertz CT molecular complexity index is 1160. The molecule has 3 rings (SSSR count). The maximum absolute atomic E-state index is 13.2. The second kappa shape index (κ2) is 8.66. The van der Waals surface area contributed by atoms with Crippen molar-refractivity contribution in [2.24, 2.45) is 0 Å². The molecule has 5 heteroatoms. The molecule has 0 bridgehead atoms. The van der Waals surface area contributed by atoms with Crippen LogP contribution in [0.25, 0.3) is 22.3 Å². The standard InChI is InChI=1S/C25H34N2O3/c1-7-9-11-26-16-19(23(28)27(24(26)29)12-10-8-2)21-15-18-13-17(3)14-20(22(18)30-21)25(4,5)6/h13-16H,7-12H2,1-6H3. The molecule has 0 aliphatic rings. The summed E-state index contributed by atoms with van der Waals surface area (Å²) in [4.78, 5) is 26.1. The molecule has 2 aromatic heterocycles. The summed E-state index contributed by atoms with van der Waals surface area (Å²) in [6, 6.07) is 6.17. The van der Waals surface area contributed by atoms with Crippen LogP contribution in [-0.4, -0.2) is 9.13 Å². The van der Waals surface area contributed by atoms with Crippen LogP contribution in [0.5, 0.6) is 0 Å². The average Bonchev–Trinajstić information content (AvgIpc) is 3.09. The fourth-order valence-corrected chi connectivity index (χ4v) is 3.82. The molecule has 0 aliphatic heterocycles. The molecular formula is C25H34N2O3. The highest BCUT2D eigenvalue weighted by Gasteiger charge is 2.22. The molecular weight excluding hydrogens is 376 g/mol. The lowest BCUT2D eigenvalue weighted by atomic mass is 9.85. The highest BCUT2D eigenvalue weighted by Crippen LogP contribution is 2.35. The Morgan fingerprint density at radius 2 is 1.63 bits per heavy atom. The van der Waals surface area contributed by atoms with Crippen LogP contribution in [0.2, 0.25) is 0 Å². The zero-order chi connectivity index (χ0) is 22.1. The number of fused-ring (bicyclic) bond motifs is 1. The molecule has 0 spiro atoms. The summed E-state index contributed by atoms with van der Waals surface area (Å²) in [5, 5.41) is 0.987. The molecule has 5 nitrogen and oxygen atoms in total. The third kappa shape index (κ3) is 4.30. The SMILES string of the molecule is CCCCn1cc(-c2cc3cc(C)cc(C(C)(C)C)c3o2)c(=O)n(CCCC)c1=O. The van der Waals surface area contributed by atoms with Crippen molar-refractivity contribution in [1.82, 2.24) is 9.13 Å². The van der Waals surface area contributed by atoms with E-state index in [-0.39, 0.29) is 16.7 Å². The van der Waals surface area contributed by atoms with Gasteiger partial charge < -0.3 is 4.42 Å². The summed E-state index contributed by atoms with van der Waals surface area (Å²) in [5.41, 5.74) is 2.97. The predicted octanol–water partition coefficient (Wildman–Crippen LogP) is 5.63. The van der Waals surface area contributed by atoms with Crippen molar-refractivity contribution in [3.05, 3.63) is 56.4 Å². The molecule has 0 radical (unpaired) electrons. The first-order chi connectivity index (χ1) is 14.2. The van der Waals surface area contributed by atoms with Crippen molar-refractivity contribution in [2.75, 3.05) is 0 Å². The zero-order valence-electron chi connectivity index (χ0n) is 19.2. The van der Waals surface area contributed by atoms with E-state index < -0.39 is 0 Å². The molecule has 0 N–H and O–H groups in total. The van der Waals surface area contributed by atoms with Crippen molar-refractivity contribution in [2.45, 2.75) is 85.7 Å². The van der Waals surface area contributed by atoms with E-state index in [1.165, 1.54) is 4.57 Å². The minimum absolute atomic E-state index is 0.0827. The first-order valence-corrected chi connectivity index (χ1v) is 11.1. The second-order valence-electron chi connectivity index (χ2n) is 9.27. The first kappa shape index (κ1) is 22.1. The monoisotopic (exact) mass is 410 g/mol. The van der Waals surface area contributed by atoms with Gasteiger partial charge >= 0.3 is 5.69 Å². The van der Waals surface area contributed by atoms with Gasteiger partial charge in [0, 0.05) is 30.2 Å². The van der Waals surface area contributed by atoms with Crippen LogP contribution in [0.4, 0.5) is 0 Å². The molecule has 0 fully saturated rings. The van der Waals surface area contributed by atoms with Gasteiger partial charge in [-0.3, -0.25) is 13.9 Å². The van der Waals surface area contributed by atoms with Crippen molar-refractivity contribution in [1.29, 1.82) is 0 Å². The summed E-state index contributed by atoms with van der Waals surface area (Å²) >= 11 is 0. The quantitative estimate of drug-likeness (QED) is 0.507. The molecule has 2 heterocycles. The number of furan rings is 1. The summed E-state index contributed by atoms with van der Waals surface area (Å²) in [5.74, 6) is 0.529. The van der Waals surface area contributed by atoms with Gasteiger partial charge in [-0.05, 0) is 42.9 Å². The van der Waals surface area contributed by atoms with Crippen LogP contribution in [0.15, 0.2) is 38.4 Å². The second-order valence-corrected chi connectivity index (χ2v) is 9.27. The fourth-order valence-electron chi connectivity index (χ4n) is 3.82. The van der Waals surface area contributed by atoms with Crippen LogP contribution < -0.4 is 11.2 Å². The van der Waals surface area contributed by atoms with Gasteiger partial charge in [0.25, 0.3) is 5.56 Å². The fraction of sp³-hybridized carbons (Fsp3) is 0.520. The molecule has 0 saturated carbocycles. The van der Waals surface area contributed by atoms with Gasteiger partial charge in [0.15, 0.2) is 0 Å². The lowest BCUT2D eigenvalue weighted by Gasteiger charge is -2.19. The van der Waals surface area contributed by atoms with Crippen LogP contribution in [0.3, 0.4) is 0 Å². The molecule has 1 aromatic carbocycles. The van der Waals surface area contributed by atoms with Gasteiger partial charge in [-0.15, -0.1) is 0 Å². The van der Waals surface area contributed by atoms with E-state index in [9.17, 15) is 9.59 Å². The highest BCUT2D eigenvalue weighted by molar-refractivity contribution is 5.86. The van der Waals surface area contributed by atoms with E-state index in [0.717, 1.165) is 47.8 Å². The Kier molecular flexibility index (Phi) is 6.39. The van der Waals surface area contributed by atoms with Gasteiger partial charge in [0.2, 0.25) is 0 Å². The molecule has 0 aliphatic carbocycles. The van der Waals surface area contributed by atoms with Crippen LogP contribution in [0, 0.1) is 6.92 Å². The van der Waals surface area contributed by atoms with Crippen LogP contribution in [-0.2, 0) is 18.5 Å². The largest absolute Gasteiger partial charge is 0.456 e. The third-order valence-corrected chi connectivity index (χ3v) is 5.56. The number of rotatable bonds is 7. The zero-order valence-corrected chi connectivity index (χ0v) is 19.2. The minimum atomic E-state index is -0.269. The molecule has 3 aromatic rings. The molecule has 162 valence electrons. The van der Waals surface area contributed by atoms with E-state index in [2.05, 4.69) is 53.7 Å². The summed E-state index contributed by atoms with van der Waals surface area (Å²) in [7, 11) is 0. The number of aryl methyl sites for hydroxylation is 2. The Hall–Kier alpha value is -2.56. The van der Waals surface area contributed by atoms with Gasteiger partial charge in [-0.25, -0.2) is 4.79 Å². The average molecular weight is 411 g/mol. The number of hydrogen-bond donors (Lipinski definition) is 0. The Balaban J connectivity index is 2.25. The maximum atomic E-state index is 13.2. The molecule has 0 unspecified atom stereocenters. The smallest absolute Gasteiger partial charge is 0.330 e. The lowest BCUT2D eigenvalue weighted by Crippen LogP contribution is -2.40. The van der Waals surface area contributed by atoms with Crippen LogP contribution >= 0.6 is 0 Å². The van der Waals surface area contributed by atoms with E-state index in [1.807, 2.05) is 6.07 Å². The Labute approximate surface area is 178 Å². The normalized spacial score (nSPS) is 12.1. The third-order valence-electron chi connectivity index (χ3n) is 5.56. The number of hydrogen-bond acceptors (Lipinski definition) is 3. The van der Waals surface area contributed by atoms with Crippen molar-refractivity contribution >= 4 is 11.0 Å². The number of unbranched alkanes of at least 4 members (excludes halogenated alkanes) is 2. The summed E-state index contributed by atoms with van der Waals surface area (Å²) in [6.07, 6.45) is 5.27. The predicted molar refractivity (Wildman–Crippen MR) is 123 cm³/mol. The number of nitrogens with zero attached hydrogens (tertiary/aromatic N) is 2. The van der Waals surface area contributed by atoms with E-state index in [1.54, 1.807) is 10.8 Å². The summed E-state index contributed by atoms with van der Waals surface area (Å²) in [6.45, 7) is 13.7. The summed E-state index contributed by atoms with van der Waals surface area (Å²) < 4.78 is 9.32. The van der Waals surface area contributed by atoms with Gasteiger partial charge in [0.1, 0.15) is 11.3 Å². The highest BCUT2D eigenvalue weighted by atomic mass is 16.3. The molecule has 0 saturated heterocycles. The molecule has 30 heavy (non-hydrogen) atoms. The Morgan fingerprint density at radius 3 is 2.27 bits per heavy atom. The van der Waals surface area contributed by atoms with Gasteiger partial charge in [0.05, 0.1) is 5.56 Å². The number of aromatic nitrogens is 2. The van der Waals surface area contributed by atoms with Gasteiger partial charge in [-0.2, -0.15) is 0 Å². The lowest BCUT2D eigenvalue weighted by molar-refractivity contribution is 0.514. The minimum Gasteiger partial charge on any atom is -0.456 e. The molecule has 0 atom stereocenters.